The zero-order valence-corrected chi connectivity index (χ0v) is 39.2. The van der Waals surface area contributed by atoms with E-state index in [-0.39, 0.29) is 22.3 Å². The van der Waals surface area contributed by atoms with Gasteiger partial charge in [-0.3, -0.25) is 0 Å². The molecule has 10 aromatic carbocycles. The van der Waals surface area contributed by atoms with Crippen LogP contribution in [0.2, 0.25) is 0 Å². The van der Waals surface area contributed by atoms with E-state index in [2.05, 4.69) is 32.0 Å². The number of hydrogen-bond donors (Lipinski definition) is 14. The average Bonchev–Trinajstić information content (AvgIpc) is 3.91. The van der Waals surface area contributed by atoms with E-state index >= 15 is 0 Å². The van der Waals surface area contributed by atoms with E-state index in [0.717, 1.165) is 44.2 Å². The Morgan fingerprint density at radius 1 is 0.360 bits per heavy atom. The summed E-state index contributed by atoms with van der Waals surface area (Å²) in [6.07, 6.45) is 0. The molecule has 372 valence electrons. The molecule has 1 aliphatic rings. The van der Waals surface area contributed by atoms with Crippen molar-refractivity contribution in [2.45, 2.75) is 19.3 Å². The van der Waals surface area contributed by atoms with Crippen LogP contribution in [0.15, 0.2) is 132 Å². The van der Waals surface area contributed by atoms with Gasteiger partial charge in [0.1, 0.15) is 11.2 Å². The van der Waals surface area contributed by atoms with Gasteiger partial charge in [0.15, 0.2) is 46.0 Å². The molecule has 1 aliphatic carbocycles. The van der Waals surface area contributed by atoms with Crippen molar-refractivity contribution in [3.63, 3.8) is 0 Å². The van der Waals surface area contributed by atoms with E-state index in [1.165, 1.54) is 24.3 Å². The van der Waals surface area contributed by atoms with Gasteiger partial charge in [-0.25, -0.2) is 0 Å². The molecule has 16 nitrogen and oxygen atoms in total. The van der Waals surface area contributed by atoms with E-state index in [9.17, 15) is 71.5 Å². The van der Waals surface area contributed by atoms with Crippen molar-refractivity contribution in [1.29, 1.82) is 0 Å². The molecular formula is C59H41NO15. The van der Waals surface area contributed by atoms with Crippen molar-refractivity contribution in [2.75, 3.05) is 4.90 Å². The van der Waals surface area contributed by atoms with Gasteiger partial charge < -0.3 is 80.8 Å². The fraction of sp³-hybridized carbons (Fsp3) is 0.0508. The first-order chi connectivity index (χ1) is 35.8. The average molecular weight is 1000 g/mol. The largest absolute Gasteiger partial charge is 0.504 e. The predicted molar refractivity (Wildman–Crippen MR) is 281 cm³/mol. The maximum absolute atomic E-state index is 11.4. The lowest BCUT2D eigenvalue weighted by Gasteiger charge is -2.33. The summed E-state index contributed by atoms with van der Waals surface area (Å²) in [7, 11) is 0. The maximum Gasteiger partial charge on any atom is 0.205 e. The van der Waals surface area contributed by atoms with E-state index in [1.54, 1.807) is 24.3 Å². The summed E-state index contributed by atoms with van der Waals surface area (Å²) in [5.41, 5.74) is 7.12. The van der Waals surface area contributed by atoms with Crippen molar-refractivity contribution in [1.82, 2.24) is 0 Å². The second-order valence-electron chi connectivity index (χ2n) is 18.9. The van der Waals surface area contributed by atoms with Gasteiger partial charge in [0.05, 0.1) is 16.5 Å². The van der Waals surface area contributed by atoms with Crippen LogP contribution in [0, 0.1) is 0 Å². The number of phenols is 14. The highest BCUT2D eigenvalue weighted by atomic mass is 16.4. The highest BCUT2D eigenvalue weighted by Crippen LogP contribution is 2.62. The van der Waals surface area contributed by atoms with Gasteiger partial charge in [0.25, 0.3) is 0 Å². The summed E-state index contributed by atoms with van der Waals surface area (Å²) >= 11 is 0. The van der Waals surface area contributed by atoms with E-state index in [1.807, 2.05) is 65.6 Å². The monoisotopic (exact) mass is 1000 g/mol. The lowest BCUT2D eigenvalue weighted by molar-refractivity contribution is 0.347. The van der Waals surface area contributed by atoms with Gasteiger partial charge in [-0.1, -0.05) is 98.8 Å². The first-order valence-corrected chi connectivity index (χ1v) is 23.2. The Labute approximate surface area is 422 Å². The molecule has 0 bridgehead atoms. The van der Waals surface area contributed by atoms with Gasteiger partial charge >= 0.3 is 0 Å². The Bertz CT molecular complexity index is 4130. The molecule has 1 aromatic heterocycles. The molecule has 11 aromatic rings. The van der Waals surface area contributed by atoms with Crippen LogP contribution in [0.25, 0.3) is 88.0 Å². The van der Waals surface area contributed by atoms with Crippen molar-refractivity contribution in [3.8, 4) is 125 Å². The Morgan fingerprint density at radius 2 is 0.787 bits per heavy atom. The molecule has 75 heavy (non-hydrogen) atoms. The molecule has 0 spiro atoms. The van der Waals surface area contributed by atoms with Crippen molar-refractivity contribution < 1.29 is 75.9 Å². The molecule has 14 N–H and O–H groups in total. The minimum Gasteiger partial charge on any atom is -0.504 e. The fourth-order valence-corrected chi connectivity index (χ4v) is 11.0. The van der Waals surface area contributed by atoms with E-state index in [4.69, 9.17) is 4.42 Å². The molecule has 0 radical (unpaired) electrons. The number of fused-ring (bicyclic) bond motifs is 8. The quantitative estimate of drug-likeness (QED) is 0.0544. The minimum atomic E-state index is -1.18. The maximum atomic E-state index is 11.4. The molecule has 0 unspecified atom stereocenters. The first-order valence-electron chi connectivity index (χ1n) is 23.2. The summed E-state index contributed by atoms with van der Waals surface area (Å²) in [4.78, 5) is 1.92. The topological polar surface area (TPSA) is 300 Å². The van der Waals surface area contributed by atoms with Crippen LogP contribution in [0.3, 0.4) is 0 Å². The third kappa shape index (κ3) is 6.16. The molecule has 0 aliphatic heterocycles. The van der Waals surface area contributed by atoms with Crippen LogP contribution < -0.4 is 4.90 Å². The van der Waals surface area contributed by atoms with Crippen LogP contribution >= 0.6 is 0 Å². The van der Waals surface area contributed by atoms with Crippen molar-refractivity contribution in [2.24, 2.45) is 0 Å². The summed E-state index contributed by atoms with van der Waals surface area (Å²) < 4.78 is 6.57. The molecule has 0 fully saturated rings. The number of nitrogens with zero attached hydrogens (tertiary/aromatic N) is 1. The summed E-state index contributed by atoms with van der Waals surface area (Å²) in [6.45, 7) is 4.21. The third-order valence-electron chi connectivity index (χ3n) is 14.6. The zero-order chi connectivity index (χ0) is 52.8. The van der Waals surface area contributed by atoms with Crippen molar-refractivity contribution >= 4 is 60.5 Å². The zero-order valence-electron chi connectivity index (χ0n) is 39.2. The number of benzene rings is 10. The van der Waals surface area contributed by atoms with Gasteiger partial charge in [-0.05, 0) is 81.4 Å². The van der Waals surface area contributed by atoms with Crippen molar-refractivity contribution in [3.05, 3.63) is 139 Å². The number of hydrogen-bond acceptors (Lipinski definition) is 16. The number of para-hydroxylation sites is 2. The fourth-order valence-electron chi connectivity index (χ4n) is 11.0. The predicted octanol–water partition coefficient (Wildman–Crippen LogP) is 12.5. The highest BCUT2D eigenvalue weighted by molar-refractivity contribution is 6.15. The molecule has 16 heteroatoms. The van der Waals surface area contributed by atoms with Crippen LogP contribution in [0.5, 0.6) is 80.5 Å². The smallest absolute Gasteiger partial charge is 0.205 e. The van der Waals surface area contributed by atoms with Gasteiger partial charge in [0.2, 0.25) is 34.5 Å². The number of rotatable bonds is 6. The Balaban J connectivity index is 1.13. The van der Waals surface area contributed by atoms with Crippen LogP contribution in [0.1, 0.15) is 25.0 Å². The molecule has 0 saturated carbocycles. The molecule has 0 atom stereocenters. The lowest BCUT2D eigenvalue weighted by Crippen LogP contribution is -2.20. The normalized spacial score (nSPS) is 12.7. The van der Waals surface area contributed by atoms with E-state index < -0.39 is 107 Å². The lowest BCUT2D eigenvalue weighted by atomic mass is 9.80. The number of furan rings is 1. The third-order valence-corrected chi connectivity index (χ3v) is 14.6. The Kier molecular flexibility index (Phi) is 9.59. The van der Waals surface area contributed by atoms with Crippen LogP contribution in [-0.4, -0.2) is 71.5 Å². The standard InChI is InChI=1S/C59H41NO15/c1-59(2)34-12-5-3-8-30(34)33-22-26(29-10-7-11-32-31-9-4-6-13-36(31)75-58(29)32)23-35(43(33)59)60(27-18-14-24(15-19-27)37-39-41(48(65)52(69)44(37)61)50(67)56(73)54(71)46(39)63)28-20-16-25(17-21-28)38-40-42(49(66)53(70)45(38)62)51(68)57(74)55(72)47(40)64/h3-23,61-74H,1-2H3. The molecule has 1 heterocycles. The summed E-state index contributed by atoms with van der Waals surface area (Å²) in [5.74, 6) is -15.1. The SMILES string of the molecule is CC1(C)c2ccccc2-c2cc(-c3cccc4c3oc3ccccc34)cc(N(c3ccc(-c4c(O)c(O)c(O)c5c(O)c(O)c(O)c(O)c45)cc3)c3ccc(-c4c(O)c(O)c(O)c5c(O)c(O)c(O)c(O)c45)cc3)c21. The first kappa shape index (κ1) is 45.6. The molecule has 0 amide bonds. The number of anilines is 3. The highest BCUT2D eigenvalue weighted by Gasteiger charge is 2.40. The number of aromatic hydroxyl groups is 14. The van der Waals surface area contributed by atoms with Crippen LogP contribution in [-0.2, 0) is 5.41 Å². The van der Waals surface area contributed by atoms with Crippen LogP contribution in [0.4, 0.5) is 17.1 Å². The van der Waals surface area contributed by atoms with E-state index in [0.29, 0.717) is 28.2 Å². The second-order valence-corrected chi connectivity index (χ2v) is 18.9. The molecular weight excluding hydrogens is 963 g/mol. The van der Waals surface area contributed by atoms with Gasteiger partial charge in [-0.2, -0.15) is 0 Å². The number of phenolic OH excluding ortho intramolecular Hbond substituents is 14. The summed E-state index contributed by atoms with van der Waals surface area (Å²) in [5, 5.41) is 152. The second kappa shape index (κ2) is 15.8. The van der Waals surface area contributed by atoms with Gasteiger partial charge in [-0.15, -0.1) is 0 Å². The minimum absolute atomic E-state index is 0.0988. The Morgan fingerprint density at radius 3 is 1.31 bits per heavy atom. The molecule has 0 saturated heterocycles. The summed E-state index contributed by atoms with van der Waals surface area (Å²) in [6, 6.07) is 38.5. The molecule has 12 rings (SSSR count). The van der Waals surface area contributed by atoms with Gasteiger partial charge in [0, 0.05) is 55.0 Å². The Hall–Kier alpha value is -10.5.